The smallest absolute Gasteiger partial charge is 0.278 e. The van der Waals surface area contributed by atoms with Crippen LogP contribution in [0.2, 0.25) is 0 Å². The molecule has 1 heterocycles. The first-order valence-electron chi connectivity index (χ1n) is 10.9. The second-order valence-corrected chi connectivity index (χ2v) is 7.28. The van der Waals surface area contributed by atoms with Crippen molar-refractivity contribution in [2.45, 2.75) is 33.1 Å². The first-order chi connectivity index (χ1) is 15.2. The zero-order chi connectivity index (χ0) is 22.1. The van der Waals surface area contributed by atoms with Gasteiger partial charge in [0.25, 0.3) is 11.8 Å². The Balaban J connectivity index is 1.81. The highest BCUT2D eigenvalue weighted by Crippen LogP contribution is 2.31. The van der Waals surface area contributed by atoms with Gasteiger partial charge in [-0.25, -0.2) is 0 Å². The number of benzene rings is 2. The second kappa shape index (κ2) is 11.3. The highest BCUT2D eigenvalue weighted by Gasteiger charge is 2.38. The molecule has 2 aromatic rings. The van der Waals surface area contributed by atoms with Crippen molar-refractivity contribution in [3.8, 4) is 5.75 Å². The van der Waals surface area contributed by atoms with Crippen LogP contribution in [0.25, 0.3) is 5.57 Å². The minimum absolute atomic E-state index is 0.291. The number of amides is 2. The van der Waals surface area contributed by atoms with Gasteiger partial charge in [-0.05, 0) is 49.6 Å². The molecule has 0 radical (unpaired) electrons. The molecular formula is C25H30N2O4. The lowest BCUT2D eigenvalue weighted by atomic mass is 10.0. The number of hydrogen-bond donors (Lipinski definition) is 1. The maximum atomic E-state index is 13.2. The molecule has 0 fully saturated rings. The Hall–Kier alpha value is -3.12. The van der Waals surface area contributed by atoms with Crippen molar-refractivity contribution >= 4 is 23.1 Å². The maximum Gasteiger partial charge on any atom is 0.278 e. The van der Waals surface area contributed by atoms with E-state index in [0.717, 1.165) is 24.3 Å². The second-order valence-electron chi connectivity index (χ2n) is 7.28. The van der Waals surface area contributed by atoms with Gasteiger partial charge in [-0.15, -0.1) is 0 Å². The fourth-order valence-electron chi connectivity index (χ4n) is 3.39. The van der Waals surface area contributed by atoms with Gasteiger partial charge < -0.3 is 14.8 Å². The summed E-state index contributed by atoms with van der Waals surface area (Å²) in [6, 6.07) is 16.7. The van der Waals surface area contributed by atoms with Crippen LogP contribution in [-0.2, 0) is 14.3 Å². The monoisotopic (exact) mass is 422 g/mol. The van der Waals surface area contributed by atoms with E-state index in [0.29, 0.717) is 49.6 Å². The van der Waals surface area contributed by atoms with Crippen LogP contribution in [0.4, 0.5) is 5.69 Å². The third-order valence-electron chi connectivity index (χ3n) is 4.98. The van der Waals surface area contributed by atoms with E-state index in [9.17, 15) is 9.59 Å². The summed E-state index contributed by atoms with van der Waals surface area (Å²) in [6.45, 7) is 6.14. The van der Waals surface area contributed by atoms with E-state index >= 15 is 0 Å². The van der Waals surface area contributed by atoms with Crippen molar-refractivity contribution in [1.29, 1.82) is 0 Å². The maximum absolute atomic E-state index is 13.2. The van der Waals surface area contributed by atoms with Gasteiger partial charge in [0.15, 0.2) is 0 Å². The average molecular weight is 423 g/mol. The zero-order valence-corrected chi connectivity index (χ0v) is 18.2. The molecule has 3 rings (SSSR count). The molecule has 31 heavy (non-hydrogen) atoms. The van der Waals surface area contributed by atoms with Gasteiger partial charge in [-0.1, -0.05) is 43.7 Å². The van der Waals surface area contributed by atoms with Crippen molar-refractivity contribution in [2.75, 3.05) is 31.7 Å². The van der Waals surface area contributed by atoms with E-state index in [1.165, 1.54) is 4.90 Å². The molecule has 0 saturated heterocycles. The Morgan fingerprint density at radius 2 is 1.58 bits per heavy atom. The van der Waals surface area contributed by atoms with Gasteiger partial charge in [0.05, 0.1) is 12.2 Å². The highest BCUT2D eigenvalue weighted by atomic mass is 16.5. The van der Waals surface area contributed by atoms with E-state index in [4.69, 9.17) is 9.47 Å². The van der Waals surface area contributed by atoms with Crippen LogP contribution >= 0.6 is 0 Å². The summed E-state index contributed by atoms with van der Waals surface area (Å²) >= 11 is 0. The van der Waals surface area contributed by atoms with Crippen LogP contribution in [0.15, 0.2) is 60.3 Å². The Bertz CT molecular complexity index is 907. The number of carbonyl (C=O) groups excluding carboxylic acids is 2. The molecule has 0 unspecified atom stereocenters. The quantitative estimate of drug-likeness (QED) is 0.403. The van der Waals surface area contributed by atoms with Crippen LogP contribution < -0.4 is 10.1 Å². The molecule has 1 aliphatic heterocycles. The molecule has 2 aromatic carbocycles. The largest absolute Gasteiger partial charge is 0.494 e. The number of unbranched alkanes of at least 4 members (excludes halogenated alkanes) is 1. The van der Waals surface area contributed by atoms with Crippen molar-refractivity contribution in [3.05, 3.63) is 65.9 Å². The summed E-state index contributed by atoms with van der Waals surface area (Å²) in [6.07, 6.45) is 2.69. The van der Waals surface area contributed by atoms with Gasteiger partial charge in [-0.3, -0.25) is 14.5 Å². The number of nitrogens with zero attached hydrogens (tertiary/aromatic N) is 1. The summed E-state index contributed by atoms with van der Waals surface area (Å²) in [5.74, 6) is 0.120. The van der Waals surface area contributed by atoms with Crippen LogP contribution in [0, 0.1) is 0 Å². The summed E-state index contributed by atoms with van der Waals surface area (Å²) < 4.78 is 11.1. The predicted molar refractivity (Wildman–Crippen MR) is 122 cm³/mol. The molecule has 0 aliphatic carbocycles. The number of hydrogen-bond acceptors (Lipinski definition) is 5. The lowest BCUT2D eigenvalue weighted by Crippen LogP contribution is -2.34. The number of carbonyl (C=O) groups is 2. The van der Waals surface area contributed by atoms with Gasteiger partial charge in [0, 0.05) is 25.4 Å². The predicted octanol–water partition coefficient (Wildman–Crippen LogP) is 4.48. The number of imide groups is 1. The Kier molecular flexibility index (Phi) is 8.24. The Labute approximate surface area is 183 Å². The summed E-state index contributed by atoms with van der Waals surface area (Å²) in [5, 5.41) is 3.16. The van der Waals surface area contributed by atoms with E-state index in [1.807, 2.05) is 61.5 Å². The molecule has 0 aromatic heterocycles. The van der Waals surface area contributed by atoms with Crippen LogP contribution in [0.1, 0.15) is 38.7 Å². The topological polar surface area (TPSA) is 67.9 Å². The van der Waals surface area contributed by atoms with Crippen molar-refractivity contribution < 1.29 is 19.1 Å². The van der Waals surface area contributed by atoms with E-state index in [1.54, 1.807) is 0 Å². The normalized spacial score (nSPS) is 13.8. The molecule has 6 heteroatoms. The lowest BCUT2D eigenvalue weighted by Gasteiger charge is -2.15. The van der Waals surface area contributed by atoms with Gasteiger partial charge in [0.1, 0.15) is 11.4 Å². The molecule has 1 N–H and O–H groups in total. The lowest BCUT2D eigenvalue weighted by molar-refractivity contribution is -0.137. The molecule has 0 atom stereocenters. The van der Waals surface area contributed by atoms with Crippen molar-refractivity contribution in [1.82, 2.24) is 4.90 Å². The first kappa shape index (κ1) is 22.6. The fraction of sp³-hybridized carbons (Fsp3) is 0.360. The van der Waals surface area contributed by atoms with Crippen LogP contribution in [-0.4, -0.2) is 43.1 Å². The number of ether oxygens (including phenoxy) is 2. The first-order valence-corrected chi connectivity index (χ1v) is 10.9. The Morgan fingerprint density at radius 3 is 2.26 bits per heavy atom. The van der Waals surface area contributed by atoms with Gasteiger partial charge in [-0.2, -0.15) is 0 Å². The minimum atomic E-state index is -0.314. The molecular weight excluding hydrogens is 392 g/mol. The standard InChI is InChI=1S/C25H30N2O4/c1-3-5-17-30-18-9-16-27-24(28)22(19-12-14-21(15-13-19)31-4-2)23(25(27)29)26-20-10-7-6-8-11-20/h6-8,10-15,26H,3-5,9,16-18H2,1-2H3. The summed E-state index contributed by atoms with van der Waals surface area (Å²) in [7, 11) is 0. The molecule has 0 spiro atoms. The molecule has 6 nitrogen and oxygen atoms in total. The molecule has 0 bridgehead atoms. The SMILES string of the molecule is CCCCOCCCN1C(=O)C(Nc2ccccc2)=C(c2ccc(OCC)cc2)C1=O. The number of anilines is 1. The van der Waals surface area contributed by atoms with Crippen LogP contribution in [0.5, 0.6) is 5.75 Å². The van der Waals surface area contributed by atoms with E-state index in [-0.39, 0.29) is 11.8 Å². The Morgan fingerprint density at radius 1 is 0.871 bits per heavy atom. The van der Waals surface area contributed by atoms with Crippen molar-refractivity contribution in [3.63, 3.8) is 0 Å². The fourth-order valence-corrected chi connectivity index (χ4v) is 3.39. The molecule has 0 saturated carbocycles. The molecule has 1 aliphatic rings. The van der Waals surface area contributed by atoms with Gasteiger partial charge in [0.2, 0.25) is 0 Å². The summed E-state index contributed by atoms with van der Waals surface area (Å²) in [4.78, 5) is 27.7. The molecule has 164 valence electrons. The van der Waals surface area contributed by atoms with Crippen LogP contribution in [0.3, 0.4) is 0 Å². The van der Waals surface area contributed by atoms with Crippen molar-refractivity contribution in [2.24, 2.45) is 0 Å². The average Bonchev–Trinajstić information content (AvgIpc) is 3.01. The summed E-state index contributed by atoms with van der Waals surface area (Å²) in [5.41, 5.74) is 2.12. The van der Waals surface area contributed by atoms with E-state index < -0.39 is 0 Å². The number of nitrogens with one attached hydrogen (secondary N) is 1. The van der Waals surface area contributed by atoms with Gasteiger partial charge >= 0.3 is 0 Å². The third kappa shape index (κ3) is 5.73. The van der Waals surface area contributed by atoms with E-state index in [2.05, 4.69) is 12.2 Å². The zero-order valence-electron chi connectivity index (χ0n) is 18.2. The molecule has 2 amide bonds. The highest BCUT2D eigenvalue weighted by molar-refractivity contribution is 6.36. The number of para-hydroxylation sites is 1. The number of rotatable bonds is 12. The minimum Gasteiger partial charge on any atom is -0.494 e. The third-order valence-corrected chi connectivity index (χ3v) is 4.98.